The summed E-state index contributed by atoms with van der Waals surface area (Å²) < 4.78 is 5.09. The zero-order chi connectivity index (χ0) is 13.4. The smallest absolute Gasteiger partial charge is 0.220 e. The zero-order valence-corrected chi connectivity index (χ0v) is 12.1. The highest BCUT2D eigenvalue weighted by molar-refractivity contribution is 5.76. The molecule has 0 aromatic rings. The molecule has 0 bridgehead atoms. The van der Waals surface area contributed by atoms with Gasteiger partial charge in [0.15, 0.2) is 0 Å². The van der Waals surface area contributed by atoms with Crippen molar-refractivity contribution in [2.24, 2.45) is 11.8 Å². The number of ether oxygens (including phenoxy) is 1. The fraction of sp³-hybridized carbons (Fsp3) is 0.929. The maximum Gasteiger partial charge on any atom is 0.220 e. The lowest BCUT2D eigenvalue weighted by Gasteiger charge is -2.31. The van der Waals surface area contributed by atoms with Gasteiger partial charge in [-0.1, -0.05) is 13.8 Å². The molecule has 0 aliphatic carbocycles. The molecule has 1 fully saturated rings. The number of nitrogens with zero attached hydrogens (tertiary/aromatic N) is 1. The molecule has 0 unspecified atom stereocenters. The van der Waals surface area contributed by atoms with E-state index in [1.807, 2.05) is 0 Å². The predicted octanol–water partition coefficient (Wildman–Crippen LogP) is 1.51. The Morgan fingerprint density at radius 1 is 1.39 bits per heavy atom. The van der Waals surface area contributed by atoms with Crippen LogP contribution in [0.2, 0.25) is 0 Å². The van der Waals surface area contributed by atoms with Crippen LogP contribution >= 0.6 is 0 Å². The summed E-state index contributed by atoms with van der Waals surface area (Å²) in [6.07, 6.45) is 3.02. The third-order valence-electron chi connectivity index (χ3n) is 3.50. The Morgan fingerprint density at radius 3 is 2.61 bits per heavy atom. The van der Waals surface area contributed by atoms with E-state index >= 15 is 0 Å². The van der Waals surface area contributed by atoms with Crippen LogP contribution in [-0.2, 0) is 9.53 Å². The maximum atomic E-state index is 11.6. The van der Waals surface area contributed by atoms with Crippen molar-refractivity contribution < 1.29 is 9.53 Å². The number of hydrogen-bond donors (Lipinski definition) is 1. The van der Waals surface area contributed by atoms with Crippen LogP contribution in [-0.4, -0.2) is 50.7 Å². The highest BCUT2D eigenvalue weighted by Crippen LogP contribution is 2.16. The number of carbonyl (C=O) groups excluding carboxylic acids is 1. The van der Waals surface area contributed by atoms with Gasteiger partial charge < -0.3 is 15.0 Å². The summed E-state index contributed by atoms with van der Waals surface area (Å²) in [6, 6.07) is 0. The first kappa shape index (κ1) is 15.4. The van der Waals surface area contributed by atoms with Crippen molar-refractivity contribution in [2.45, 2.75) is 33.1 Å². The average Bonchev–Trinajstić information content (AvgIpc) is 2.34. The van der Waals surface area contributed by atoms with Gasteiger partial charge >= 0.3 is 0 Å². The summed E-state index contributed by atoms with van der Waals surface area (Å²) in [4.78, 5) is 14.0. The second-order valence-corrected chi connectivity index (χ2v) is 5.68. The Kier molecular flexibility index (Phi) is 7.28. The van der Waals surface area contributed by atoms with Crippen LogP contribution in [0.25, 0.3) is 0 Å². The number of rotatable bonds is 7. The van der Waals surface area contributed by atoms with Crippen molar-refractivity contribution in [2.75, 3.05) is 39.9 Å². The van der Waals surface area contributed by atoms with Gasteiger partial charge in [-0.25, -0.2) is 0 Å². The quantitative estimate of drug-likeness (QED) is 0.750. The summed E-state index contributed by atoms with van der Waals surface area (Å²) in [5, 5.41) is 3.06. The van der Waals surface area contributed by atoms with Crippen LogP contribution in [0, 0.1) is 11.8 Å². The van der Waals surface area contributed by atoms with E-state index in [-0.39, 0.29) is 5.91 Å². The van der Waals surface area contributed by atoms with Gasteiger partial charge in [0.1, 0.15) is 0 Å². The first-order valence-electron chi connectivity index (χ1n) is 7.09. The van der Waals surface area contributed by atoms with Gasteiger partial charge in [-0.3, -0.25) is 4.79 Å². The molecule has 4 heteroatoms. The first-order chi connectivity index (χ1) is 8.61. The van der Waals surface area contributed by atoms with Gasteiger partial charge in [0.05, 0.1) is 6.61 Å². The number of likely N-dealkylation sites (tertiary alicyclic amines) is 1. The first-order valence-corrected chi connectivity index (χ1v) is 7.09. The molecule has 1 aliphatic heterocycles. The molecular weight excluding hydrogens is 228 g/mol. The Labute approximate surface area is 111 Å². The lowest BCUT2D eigenvalue weighted by Crippen LogP contribution is -2.40. The molecule has 1 saturated heterocycles. The van der Waals surface area contributed by atoms with Crippen molar-refractivity contribution in [1.82, 2.24) is 10.2 Å². The van der Waals surface area contributed by atoms with E-state index in [2.05, 4.69) is 24.1 Å². The monoisotopic (exact) mass is 256 g/mol. The minimum absolute atomic E-state index is 0.201. The topological polar surface area (TPSA) is 41.6 Å². The molecule has 1 heterocycles. The second-order valence-electron chi connectivity index (χ2n) is 5.68. The van der Waals surface area contributed by atoms with Crippen molar-refractivity contribution in [3.05, 3.63) is 0 Å². The van der Waals surface area contributed by atoms with Crippen LogP contribution in [0.5, 0.6) is 0 Å². The predicted molar refractivity (Wildman–Crippen MR) is 73.5 cm³/mol. The van der Waals surface area contributed by atoms with Crippen molar-refractivity contribution in [3.63, 3.8) is 0 Å². The van der Waals surface area contributed by atoms with E-state index in [9.17, 15) is 4.79 Å². The van der Waals surface area contributed by atoms with Crippen molar-refractivity contribution >= 4 is 5.91 Å². The van der Waals surface area contributed by atoms with E-state index in [1.165, 1.54) is 12.8 Å². The summed E-state index contributed by atoms with van der Waals surface area (Å²) in [5.41, 5.74) is 0. The number of amides is 1. The normalized spacial score (nSPS) is 18.2. The van der Waals surface area contributed by atoms with Crippen LogP contribution in [0.4, 0.5) is 0 Å². The molecule has 18 heavy (non-hydrogen) atoms. The van der Waals surface area contributed by atoms with Gasteiger partial charge in [-0.2, -0.15) is 0 Å². The summed E-state index contributed by atoms with van der Waals surface area (Å²) >= 11 is 0. The molecule has 1 N–H and O–H groups in total. The summed E-state index contributed by atoms with van der Waals surface area (Å²) in [7, 11) is 1.75. The number of piperidine rings is 1. The van der Waals surface area contributed by atoms with E-state index < -0.39 is 0 Å². The fourth-order valence-corrected chi connectivity index (χ4v) is 2.34. The number of hydrogen-bond acceptors (Lipinski definition) is 3. The lowest BCUT2D eigenvalue weighted by atomic mass is 9.96. The molecule has 106 valence electrons. The van der Waals surface area contributed by atoms with Crippen molar-refractivity contribution in [1.29, 1.82) is 0 Å². The van der Waals surface area contributed by atoms with Gasteiger partial charge in [0, 0.05) is 26.6 Å². The third kappa shape index (κ3) is 6.36. The van der Waals surface area contributed by atoms with Gasteiger partial charge in [0.2, 0.25) is 5.91 Å². The van der Waals surface area contributed by atoms with Crippen LogP contribution in [0.15, 0.2) is 0 Å². The minimum atomic E-state index is 0.201. The third-order valence-corrected chi connectivity index (χ3v) is 3.50. The molecule has 4 nitrogen and oxygen atoms in total. The number of methoxy groups -OCH3 is 1. The largest absolute Gasteiger partial charge is 0.383 e. The number of carbonyl (C=O) groups is 1. The summed E-state index contributed by atoms with van der Waals surface area (Å²) in [5.74, 6) is 1.30. The summed E-state index contributed by atoms with van der Waals surface area (Å²) in [6.45, 7) is 9.12. The van der Waals surface area contributed by atoms with Crippen LogP contribution in [0.1, 0.15) is 33.1 Å². The standard InChI is InChI=1S/C14H28N2O2/c1-12(2)10-14(17)15-11-13-4-6-16(7-5-13)8-9-18-3/h12-13H,4-11H2,1-3H3,(H,15,17). The molecule has 0 atom stereocenters. The van der Waals surface area contributed by atoms with E-state index in [0.29, 0.717) is 18.3 Å². The van der Waals surface area contributed by atoms with E-state index in [0.717, 1.165) is 32.8 Å². The van der Waals surface area contributed by atoms with Gasteiger partial charge in [-0.15, -0.1) is 0 Å². The highest BCUT2D eigenvalue weighted by Gasteiger charge is 2.19. The second kappa shape index (κ2) is 8.48. The number of nitrogens with one attached hydrogen (secondary N) is 1. The Hall–Kier alpha value is -0.610. The molecule has 1 amide bonds. The molecule has 1 rings (SSSR count). The highest BCUT2D eigenvalue weighted by atomic mass is 16.5. The zero-order valence-electron chi connectivity index (χ0n) is 12.1. The van der Waals surface area contributed by atoms with Gasteiger partial charge in [-0.05, 0) is 37.8 Å². The SMILES string of the molecule is COCCN1CCC(CNC(=O)CC(C)C)CC1. The molecule has 0 aromatic carbocycles. The molecule has 0 saturated carbocycles. The molecule has 0 spiro atoms. The maximum absolute atomic E-state index is 11.6. The molecular formula is C14H28N2O2. The van der Waals surface area contributed by atoms with Crippen LogP contribution < -0.4 is 5.32 Å². The van der Waals surface area contributed by atoms with Crippen LogP contribution in [0.3, 0.4) is 0 Å². The average molecular weight is 256 g/mol. The van der Waals surface area contributed by atoms with E-state index in [1.54, 1.807) is 7.11 Å². The molecule has 0 aromatic heterocycles. The van der Waals surface area contributed by atoms with Gasteiger partial charge in [0.25, 0.3) is 0 Å². The minimum Gasteiger partial charge on any atom is -0.383 e. The van der Waals surface area contributed by atoms with E-state index in [4.69, 9.17) is 4.74 Å². The molecule has 1 aliphatic rings. The Morgan fingerprint density at radius 2 is 2.06 bits per heavy atom. The molecule has 0 radical (unpaired) electrons. The fourth-order valence-electron chi connectivity index (χ4n) is 2.34. The lowest BCUT2D eigenvalue weighted by molar-refractivity contribution is -0.122. The van der Waals surface area contributed by atoms with Crippen molar-refractivity contribution in [3.8, 4) is 0 Å². The Balaban J connectivity index is 2.10. The Bertz CT molecular complexity index is 236.